The molecule has 0 fully saturated rings. The highest BCUT2D eigenvalue weighted by Crippen LogP contribution is 2.28. The normalized spacial score (nSPS) is 10.6. The third-order valence-corrected chi connectivity index (χ3v) is 5.22. The standard InChI is InChI=1S/C24H21ClFN7O2/c1-35-33-23(34)17-10-16(12-28-13-17)19-14-30-24(31-18-2-3-21(26)20(25)11-18)32-22(19)29-9-6-15-4-7-27-8-5-15/h2-5,7-8,10-14H,6,9H2,1H3,(H,33,34)(H2,29,30,31,32). The van der Waals surface area contributed by atoms with E-state index in [2.05, 4.69) is 36.0 Å². The smallest absolute Gasteiger partial charge is 0.276 e. The molecule has 178 valence electrons. The first kappa shape index (κ1) is 24.0. The Kier molecular flexibility index (Phi) is 7.76. The molecule has 0 saturated heterocycles. The number of benzene rings is 1. The summed E-state index contributed by atoms with van der Waals surface area (Å²) in [5.41, 5.74) is 5.51. The molecule has 3 heterocycles. The zero-order chi connectivity index (χ0) is 24.6. The Morgan fingerprint density at radius 3 is 2.69 bits per heavy atom. The molecule has 0 spiro atoms. The first-order valence-corrected chi connectivity index (χ1v) is 10.9. The quantitative estimate of drug-likeness (QED) is 0.294. The molecule has 0 aliphatic carbocycles. The summed E-state index contributed by atoms with van der Waals surface area (Å²) in [5.74, 6) is -0.141. The second-order valence-electron chi connectivity index (χ2n) is 7.34. The van der Waals surface area contributed by atoms with Crippen LogP contribution in [0, 0.1) is 5.82 Å². The van der Waals surface area contributed by atoms with Crippen molar-refractivity contribution in [3.8, 4) is 11.1 Å². The number of amides is 1. The van der Waals surface area contributed by atoms with Gasteiger partial charge in [0.15, 0.2) is 0 Å². The number of hydrogen-bond acceptors (Lipinski definition) is 8. The van der Waals surface area contributed by atoms with Crippen LogP contribution in [0.4, 0.5) is 21.8 Å². The van der Waals surface area contributed by atoms with Gasteiger partial charge in [-0.1, -0.05) is 11.6 Å². The van der Waals surface area contributed by atoms with Crippen LogP contribution in [0.15, 0.2) is 67.4 Å². The second kappa shape index (κ2) is 11.3. The predicted molar refractivity (Wildman–Crippen MR) is 131 cm³/mol. The van der Waals surface area contributed by atoms with E-state index >= 15 is 0 Å². The van der Waals surface area contributed by atoms with Crippen molar-refractivity contribution in [1.29, 1.82) is 0 Å². The lowest BCUT2D eigenvalue weighted by molar-refractivity contribution is 0.0537. The van der Waals surface area contributed by atoms with Crippen LogP contribution >= 0.6 is 11.6 Å². The minimum absolute atomic E-state index is 0.0143. The molecule has 4 aromatic rings. The van der Waals surface area contributed by atoms with Crippen molar-refractivity contribution < 1.29 is 14.0 Å². The van der Waals surface area contributed by atoms with Gasteiger partial charge in [0.1, 0.15) is 11.6 Å². The van der Waals surface area contributed by atoms with Crippen molar-refractivity contribution in [1.82, 2.24) is 25.4 Å². The Morgan fingerprint density at radius 2 is 1.91 bits per heavy atom. The molecule has 3 aromatic heterocycles. The van der Waals surface area contributed by atoms with Crippen molar-refractivity contribution in [3.63, 3.8) is 0 Å². The van der Waals surface area contributed by atoms with E-state index in [4.69, 9.17) is 16.4 Å². The highest BCUT2D eigenvalue weighted by atomic mass is 35.5. The molecule has 0 radical (unpaired) electrons. The number of halogens is 2. The van der Waals surface area contributed by atoms with Crippen LogP contribution in [-0.2, 0) is 11.3 Å². The zero-order valence-corrected chi connectivity index (χ0v) is 19.4. The van der Waals surface area contributed by atoms with Gasteiger partial charge < -0.3 is 10.6 Å². The Balaban J connectivity index is 1.63. The molecule has 1 amide bonds. The predicted octanol–water partition coefficient (Wildman–Crippen LogP) is 4.42. The van der Waals surface area contributed by atoms with Gasteiger partial charge in [0.25, 0.3) is 5.91 Å². The van der Waals surface area contributed by atoms with Crippen LogP contribution in [0.25, 0.3) is 11.1 Å². The zero-order valence-electron chi connectivity index (χ0n) is 18.6. The molecule has 1 aromatic carbocycles. The summed E-state index contributed by atoms with van der Waals surface area (Å²) in [4.78, 5) is 34.1. The van der Waals surface area contributed by atoms with E-state index in [-0.39, 0.29) is 11.0 Å². The van der Waals surface area contributed by atoms with E-state index in [9.17, 15) is 9.18 Å². The first-order valence-electron chi connectivity index (χ1n) is 10.5. The number of aromatic nitrogens is 4. The van der Waals surface area contributed by atoms with Gasteiger partial charge in [0.2, 0.25) is 5.95 Å². The van der Waals surface area contributed by atoms with Crippen molar-refractivity contribution in [3.05, 3.63) is 89.3 Å². The molecule has 0 bridgehead atoms. The van der Waals surface area contributed by atoms with E-state index in [1.54, 1.807) is 30.9 Å². The summed E-state index contributed by atoms with van der Waals surface area (Å²) in [6, 6.07) is 9.80. The third-order valence-electron chi connectivity index (χ3n) is 4.93. The summed E-state index contributed by atoms with van der Waals surface area (Å²) >= 11 is 5.89. The van der Waals surface area contributed by atoms with Crippen molar-refractivity contribution in [2.45, 2.75) is 6.42 Å². The average Bonchev–Trinajstić information content (AvgIpc) is 2.87. The molecule has 0 atom stereocenters. The molecule has 4 rings (SSSR count). The van der Waals surface area contributed by atoms with Gasteiger partial charge in [0.05, 0.1) is 17.7 Å². The fraction of sp³-hybridized carbons (Fsp3) is 0.125. The lowest BCUT2D eigenvalue weighted by Gasteiger charge is -2.14. The number of nitrogens with one attached hydrogen (secondary N) is 3. The molecule has 0 saturated carbocycles. The van der Waals surface area contributed by atoms with Crippen molar-refractivity contribution in [2.75, 3.05) is 24.3 Å². The van der Waals surface area contributed by atoms with E-state index in [1.165, 1.54) is 31.5 Å². The van der Waals surface area contributed by atoms with E-state index in [0.29, 0.717) is 34.7 Å². The van der Waals surface area contributed by atoms with Crippen LogP contribution in [0.3, 0.4) is 0 Å². The minimum Gasteiger partial charge on any atom is -0.369 e. The first-order chi connectivity index (χ1) is 17.0. The molecule has 11 heteroatoms. The molecule has 0 aliphatic heterocycles. The molecular formula is C24H21ClFN7O2. The fourth-order valence-electron chi connectivity index (χ4n) is 3.23. The summed E-state index contributed by atoms with van der Waals surface area (Å²) in [6.45, 7) is 0.577. The summed E-state index contributed by atoms with van der Waals surface area (Å²) in [6.07, 6.45) is 8.88. The van der Waals surface area contributed by atoms with Crippen molar-refractivity contribution in [2.24, 2.45) is 0 Å². The van der Waals surface area contributed by atoms with Gasteiger partial charge in [0, 0.05) is 54.3 Å². The Hall–Kier alpha value is -4.15. The van der Waals surface area contributed by atoms with Gasteiger partial charge in [-0.05, 0) is 48.4 Å². The Labute approximate surface area is 205 Å². The fourth-order valence-corrected chi connectivity index (χ4v) is 3.41. The van der Waals surface area contributed by atoms with Gasteiger partial charge in [-0.2, -0.15) is 4.98 Å². The summed E-state index contributed by atoms with van der Waals surface area (Å²) < 4.78 is 13.5. The average molecular weight is 494 g/mol. The van der Waals surface area contributed by atoms with Crippen LogP contribution < -0.4 is 16.1 Å². The molecule has 35 heavy (non-hydrogen) atoms. The van der Waals surface area contributed by atoms with Gasteiger partial charge in [-0.25, -0.2) is 14.9 Å². The van der Waals surface area contributed by atoms with E-state index in [0.717, 1.165) is 12.0 Å². The lowest BCUT2D eigenvalue weighted by Crippen LogP contribution is -2.21. The molecule has 0 unspecified atom stereocenters. The van der Waals surface area contributed by atoms with Crippen LogP contribution in [0.5, 0.6) is 0 Å². The Bertz CT molecular complexity index is 1320. The minimum atomic E-state index is -0.517. The van der Waals surface area contributed by atoms with Crippen LogP contribution in [0.2, 0.25) is 5.02 Å². The summed E-state index contributed by atoms with van der Waals surface area (Å²) in [7, 11) is 1.36. The highest BCUT2D eigenvalue weighted by molar-refractivity contribution is 6.31. The molecule has 0 aliphatic rings. The number of pyridine rings is 2. The topological polar surface area (TPSA) is 114 Å². The largest absolute Gasteiger partial charge is 0.369 e. The second-order valence-corrected chi connectivity index (χ2v) is 7.75. The highest BCUT2D eigenvalue weighted by Gasteiger charge is 2.14. The number of hydrogen-bond donors (Lipinski definition) is 3. The third kappa shape index (κ3) is 6.25. The molecular weight excluding hydrogens is 473 g/mol. The Morgan fingerprint density at radius 1 is 1.09 bits per heavy atom. The number of rotatable bonds is 9. The maximum atomic E-state index is 13.5. The summed E-state index contributed by atoms with van der Waals surface area (Å²) in [5, 5.41) is 6.34. The van der Waals surface area contributed by atoms with Gasteiger partial charge in [-0.15, -0.1) is 0 Å². The van der Waals surface area contributed by atoms with E-state index in [1.807, 2.05) is 12.1 Å². The van der Waals surface area contributed by atoms with E-state index < -0.39 is 11.7 Å². The number of hydroxylamine groups is 1. The molecule has 9 nitrogen and oxygen atoms in total. The SMILES string of the molecule is CONC(=O)c1cncc(-c2cnc(Nc3ccc(F)c(Cl)c3)nc2NCCc2ccncc2)c1. The monoisotopic (exact) mass is 493 g/mol. The van der Waals surface area contributed by atoms with Gasteiger partial charge >= 0.3 is 0 Å². The number of carbonyl (C=O) groups excluding carboxylic acids is 1. The number of carbonyl (C=O) groups is 1. The maximum Gasteiger partial charge on any atom is 0.276 e. The molecule has 3 N–H and O–H groups in total. The van der Waals surface area contributed by atoms with Crippen LogP contribution in [0.1, 0.15) is 15.9 Å². The number of anilines is 3. The van der Waals surface area contributed by atoms with Gasteiger partial charge in [-0.3, -0.25) is 19.6 Å². The lowest BCUT2D eigenvalue weighted by atomic mass is 10.1. The van der Waals surface area contributed by atoms with Crippen molar-refractivity contribution >= 4 is 35.0 Å². The maximum absolute atomic E-state index is 13.5. The number of nitrogens with zero attached hydrogens (tertiary/aromatic N) is 4. The van der Waals surface area contributed by atoms with Crippen LogP contribution in [-0.4, -0.2) is 39.5 Å².